The van der Waals surface area contributed by atoms with Gasteiger partial charge in [0.05, 0.1) is 0 Å². The molecule has 0 unspecified atom stereocenters. The summed E-state index contributed by atoms with van der Waals surface area (Å²) in [5.41, 5.74) is 0. The van der Waals surface area contributed by atoms with Gasteiger partial charge < -0.3 is 5.32 Å². The third-order valence-electron chi connectivity index (χ3n) is 2.87. The molecule has 3 aliphatic heterocycles. The molecular formula is C8H16N2. The minimum Gasteiger partial charge on any atom is -0.311 e. The van der Waals surface area contributed by atoms with Gasteiger partial charge in [-0.25, -0.2) is 0 Å². The van der Waals surface area contributed by atoms with Crippen molar-refractivity contribution < 1.29 is 0 Å². The van der Waals surface area contributed by atoms with E-state index in [1.165, 1.54) is 32.5 Å². The summed E-state index contributed by atoms with van der Waals surface area (Å²) in [6.07, 6.45) is 2.83. The molecule has 10 heavy (non-hydrogen) atoms. The van der Waals surface area contributed by atoms with Gasteiger partial charge in [-0.15, -0.1) is 0 Å². The molecule has 3 aliphatic rings. The third-order valence-corrected chi connectivity index (χ3v) is 2.87. The lowest BCUT2D eigenvalue weighted by atomic mass is 9.93. The van der Waals surface area contributed by atoms with Crippen LogP contribution in [0.5, 0.6) is 0 Å². The van der Waals surface area contributed by atoms with E-state index < -0.39 is 0 Å². The Labute approximate surface area is 62.6 Å². The van der Waals surface area contributed by atoms with Crippen molar-refractivity contribution in [3.63, 3.8) is 0 Å². The Morgan fingerprint density at radius 2 is 2.40 bits per heavy atom. The van der Waals surface area contributed by atoms with Gasteiger partial charge in [0.2, 0.25) is 0 Å². The quantitative estimate of drug-likeness (QED) is 0.568. The number of likely N-dealkylation sites (N-methyl/N-ethyl adjacent to an activating group) is 1. The van der Waals surface area contributed by atoms with Crippen molar-refractivity contribution in [1.82, 2.24) is 10.2 Å². The number of hydrogen-bond donors (Lipinski definition) is 1. The molecule has 0 saturated carbocycles. The molecule has 3 heterocycles. The number of nitrogens with zero attached hydrogens (tertiary/aromatic N) is 1. The molecule has 3 rings (SSSR count). The molecule has 0 spiro atoms. The molecule has 0 radical (unpaired) electrons. The Morgan fingerprint density at radius 1 is 1.50 bits per heavy atom. The zero-order valence-electron chi connectivity index (χ0n) is 6.64. The fourth-order valence-corrected chi connectivity index (χ4v) is 2.19. The SMILES string of the molecule is CCN1C[C@H]2CC[C@@H]1CN2. The first kappa shape index (κ1) is 6.62. The lowest BCUT2D eigenvalue weighted by Crippen LogP contribution is -2.60. The van der Waals surface area contributed by atoms with Gasteiger partial charge in [0.25, 0.3) is 0 Å². The van der Waals surface area contributed by atoms with Gasteiger partial charge in [-0.1, -0.05) is 6.92 Å². The molecule has 3 fully saturated rings. The number of fused-ring (bicyclic) bond motifs is 3. The third kappa shape index (κ3) is 0.956. The summed E-state index contributed by atoms with van der Waals surface area (Å²) in [5.74, 6) is 0. The van der Waals surface area contributed by atoms with Crippen LogP contribution in [0.2, 0.25) is 0 Å². The minimum atomic E-state index is 0.810. The number of piperidine rings is 2. The summed E-state index contributed by atoms with van der Waals surface area (Å²) >= 11 is 0. The van der Waals surface area contributed by atoms with Crippen LogP contribution in [0, 0.1) is 0 Å². The van der Waals surface area contributed by atoms with Crippen LogP contribution in [0.4, 0.5) is 0 Å². The van der Waals surface area contributed by atoms with E-state index in [1.807, 2.05) is 0 Å². The Hall–Kier alpha value is -0.0800. The van der Waals surface area contributed by atoms with Crippen LogP contribution >= 0.6 is 0 Å². The van der Waals surface area contributed by atoms with Crippen molar-refractivity contribution in [2.45, 2.75) is 31.8 Å². The maximum atomic E-state index is 3.54. The van der Waals surface area contributed by atoms with Crippen molar-refractivity contribution in [1.29, 1.82) is 0 Å². The molecule has 3 saturated heterocycles. The molecular weight excluding hydrogens is 124 g/mol. The molecule has 0 aliphatic carbocycles. The van der Waals surface area contributed by atoms with Crippen LogP contribution in [0.15, 0.2) is 0 Å². The van der Waals surface area contributed by atoms with Gasteiger partial charge in [0, 0.05) is 25.2 Å². The first-order chi connectivity index (χ1) is 4.90. The fraction of sp³-hybridized carbons (Fsp3) is 1.00. The zero-order chi connectivity index (χ0) is 6.97. The lowest BCUT2D eigenvalue weighted by molar-refractivity contribution is 0.0807. The van der Waals surface area contributed by atoms with Gasteiger partial charge in [-0.05, 0) is 19.4 Å². The molecule has 1 N–H and O–H groups in total. The van der Waals surface area contributed by atoms with E-state index in [9.17, 15) is 0 Å². The van der Waals surface area contributed by atoms with Gasteiger partial charge in [-0.2, -0.15) is 0 Å². The van der Waals surface area contributed by atoms with E-state index in [0.29, 0.717) is 0 Å². The molecule has 2 heteroatoms. The Kier molecular flexibility index (Phi) is 1.66. The highest BCUT2D eigenvalue weighted by Gasteiger charge is 2.31. The first-order valence-corrected chi connectivity index (χ1v) is 4.37. The lowest BCUT2D eigenvalue weighted by Gasteiger charge is -2.45. The van der Waals surface area contributed by atoms with Crippen molar-refractivity contribution in [2.24, 2.45) is 0 Å². The Bertz CT molecular complexity index is 116. The largest absolute Gasteiger partial charge is 0.311 e. The highest BCUT2D eigenvalue weighted by Crippen LogP contribution is 2.21. The van der Waals surface area contributed by atoms with E-state index in [0.717, 1.165) is 12.1 Å². The van der Waals surface area contributed by atoms with Gasteiger partial charge in [-0.3, -0.25) is 4.90 Å². The summed E-state index contributed by atoms with van der Waals surface area (Å²) in [6.45, 7) is 6.03. The van der Waals surface area contributed by atoms with E-state index >= 15 is 0 Å². The highest BCUT2D eigenvalue weighted by atomic mass is 15.2. The normalized spacial score (nSPS) is 40.5. The van der Waals surface area contributed by atoms with E-state index in [2.05, 4.69) is 17.1 Å². The number of rotatable bonds is 1. The van der Waals surface area contributed by atoms with Gasteiger partial charge >= 0.3 is 0 Å². The predicted octanol–water partition coefficient (Wildman–Crippen LogP) is 0.442. The zero-order valence-corrected chi connectivity index (χ0v) is 6.64. The van der Waals surface area contributed by atoms with Crippen molar-refractivity contribution in [2.75, 3.05) is 19.6 Å². The van der Waals surface area contributed by atoms with E-state index in [4.69, 9.17) is 0 Å². The number of piperazine rings is 1. The summed E-state index contributed by atoms with van der Waals surface area (Å²) in [5, 5.41) is 3.54. The maximum absolute atomic E-state index is 3.54. The second-order valence-corrected chi connectivity index (χ2v) is 3.42. The van der Waals surface area contributed by atoms with E-state index in [-0.39, 0.29) is 0 Å². The summed E-state index contributed by atoms with van der Waals surface area (Å²) in [7, 11) is 0. The Morgan fingerprint density at radius 3 is 2.70 bits per heavy atom. The highest BCUT2D eigenvalue weighted by molar-refractivity contribution is 4.91. The first-order valence-electron chi connectivity index (χ1n) is 4.37. The molecule has 0 aromatic rings. The number of nitrogens with one attached hydrogen (secondary N) is 1. The summed E-state index contributed by atoms with van der Waals surface area (Å²) in [4.78, 5) is 2.60. The average Bonchev–Trinajstić information content (AvgIpc) is 2.06. The van der Waals surface area contributed by atoms with Crippen LogP contribution in [0.1, 0.15) is 19.8 Å². The second kappa shape index (κ2) is 2.51. The van der Waals surface area contributed by atoms with Gasteiger partial charge in [0.15, 0.2) is 0 Å². The van der Waals surface area contributed by atoms with Crippen molar-refractivity contribution >= 4 is 0 Å². The van der Waals surface area contributed by atoms with E-state index in [1.54, 1.807) is 0 Å². The molecule has 0 aromatic heterocycles. The maximum Gasteiger partial charge on any atom is 0.0221 e. The molecule has 0 amide bonds. The van der Waals surface area contributed by atoms with Crippen LogP contribution in [0.25, 0.3) is 0 Å². The van der Waals surface area contributed by atoms with Crippen molar-refractivity contribution in [3.05, 3.63) is 0 Å². The van der Waals surface area contributed by atoms with Crippen LogP contribution in [0.3, 0.4) is 0 Å². The second-order valence-electron chi connectivity index (χ2n) is 3.42. The standard InChI is InChI=1S/C8H16N2/c1-2-10-6-7-3-4-8(10)5-9-7/h7-9H,2-6H2,1H3/t7-,8-/m1/s1. The smallest absolute Gasteiger partial charge is 0.0221 e. The fourth-order valence-electron chi connectivity index (χ4n) is 2.19. The molecule has 2 bridgehead atoms. The van der Waals surface area contributed by atoms with Crippen LogP contribution < -0.4 is 5.32 Å². The summed E-state index contributed by atoms with van der Waals surface area (Å²) in [6, 6.07) is 1.67. The topological polar surface area (TPSA) is 15.3 Å². The summed E-state index contributed by atoms with van der Waals surface area (Å²) < 4.78 is 0. The minimum absolute atomic E-state index is 0.810. The molecule has 2 nitrogen and oxygen atoms in total. The monoisotopic (exact) mass is 140 g/mol. The molecule has 2 atom stereocenters. The molecule has 58 valence electrons. The Balaban J connectivity index is 2.01. The predicted molar refractivity (Wildman–Crippen MR) is 42.1 cm³/mol. The average molecular weight is 140 g/mol. The molecule has 0 aromatic carbocycles. The van der Waals surface area contributed by atoms with Crippen molar-refractivity contribution in [3.8, 4) is 0 Å². The van der Waals surface area contributed by atoms with Crippen LogP contribution in [-0.4, -0.2) is 36.6 Å². The number of hydrogen-bond acceptors (Lipinski definition) is 2. The van der Waals surface area contributed by atoms with Crippen LogP contribution in [-0.2, 0) is 0 Å². The van der Waals surface area contributed by atoms with Gasteiger partial charge in [0.1, 0.15) is 0 Å².